The Morgan fingerprint density at radius 2 is 1.86 bits per heavy atom. The van der Waals surface area contributed by atoms with Gasteiger partial charge >= 0.3 is 0 Å². The van der Waals surface area contributed by atoms with E-state index in [9.17, 15) is 15.0 Å². The van der Waals surface area contributed by atoms with Gasteiger partial charge in [0.2, 0.25) is 5.91 Å². The molecule has 2 heterocycles. The lowest BCUT2D eigenvalue weighted by molar-refractivity contribution is -0.122. The Kier molecular flexibility index (Phi) is 9.11. The van der Waals surface area contributed by atoms with Crippen molar-refractivity contribution in [3.63, 3.8) is 0 Å². The molecule has 37 heavy (non-hydrogen) atoms. The second kappa shape index (κ2) is 12.1. The van der Waals surface area contributed by atoms with Gasteiger partial charge in [-0.1, -0.05) is 0 Å². The third-order valence-corrected chi connectivity index (χ3v) is 10.1. The van der Waals surface area contributed by atoms with Crippen molar-refractivity contribution in [2.75, 3.05) is 13.7 Å². The van der Waals surface area contributed by atoms with Crippen LogP contribution in [-0.4, -0.2) is 88.5 Å². The summed E-state index contributed by atoms with van der Waals surface area (Å²) >= 11 is 6.48. The van der Waals surface area contributed by atoms with E-state index in [1.54, 1.807) is 0 Å². The second-order valence-corrected chi connectivity index (χ2v) is 12.7. The number of methoxy groups -OCH3 is 1. The number of ether oxygens (including phenoxy) is 1. The first-order valence-corrected chi connectivity index (χ1v) is 14.9. The highest BCUT2D eigenvalue weighted by Gasteiger charge is 2.50. The van der Waals surface area contributed by atoms with Crippen molar-refractivity contribution in [1.82, 2.24) is 21.1 Å². The van der Waals surface area contributed by atoms with E-state index in [2.05, 4.69) is 28.0 Å². The molecular weight excluding hydrogens is 494 g/mol. The van der Waals surface area contributed by atoms with Gasteiger partial charge in [0, 0.05) is 36.7 Å². The smallest absolute Gasteiger partial charge is 0.222 e. The van der Waals surface area contributed by atoms with Gasteiger partial charge in [0.15, 0.2) is 0 Å². The van der Waals surface area contributed by atoms with Crippen molar-refractivity contribution in [3.05, 3.63) is 0 Å². The van der Waals surface area contributed by atoms with Gasteiger partial charge in [-0.3, -0.25) is 14.7 Å². The molecule has 1 saturated heterocycles. The number of hydrazine groups is 1. The van der Waals surface area contributed by atoms with E-state index in [0.717, 1.165) is 51.4 Å². The first kappa shape index (κ1) is 27.7. The monoisotopic (exact) mass is 539 g/mol. The maximum absolute atomic E-state index is 13.2. The van der Waals surface area contributed by atoms with E-state index >= 15 is 0 Å². The summed E-state index contributed by atoms with van der Waals surface area (Å²) in [6.07, 6.45) is 8.52. The molecule has 0 aromatic rings. The largest absolute Gasteiger partial charge is 0.390 e. The van der Waals surface area contributed by atoms with Crippen molar-refractivity contribution in [2.24, 2.45) is 22.7 Å². The number of carbonyl (C=O) groups excluding carboxylic acids is 1. The number of halogens is 1. The minimum atomic E-state index is -0.698. The van der Waals surface area contributed by atoms with Crippen LogP contribution in [-0.2, 0) is 9.53 Å². The number of hydrogen-bond donors (Lipinski definition) is 5. The van der Waals surface area contributed by atoms with Crippen LogP contribution in [0.1, 0.15) is 77.6 Å². The number of carbonyl (C=O) groups is 1. The fraction of sp³-hybridized carbons (Fsp3) is 0.926. The zero-order valence-electron chi connectivity index (χ0n) is 22.3. The minimum absolute atomic E-state index is 0.000814. The van der Waals surface area contributed by atoms with Crippen molar-refractivity contribution in [2.45, 2.75) is 126 Å². The Morgan fingerprint density at radius 1 is 1.08 bits per heavy atom. The Morgan fingerprint density at radius 3 is 2.59 bits per heavy atom. The molecule has 0 radical (unpaired) electrons. The summed E-state index contributed by atoms with van der Waals surface area (Å²) in [7, 11) is 1.82. The average molecular weight is 540 g/mol. The lowest BCUT2D eigenvalue weighted by Gasteiger charge is -2.44. The van der Waals surface area contributed by atoms with E-state index < -0.39 is 12.2 Å². The zero-order valence-corrected chi connectivity index (χ0v) is 23.1. The lowest BCUT2D eigenvalue weighted by Crippen LogP contribution is -2.55. The molecule has 5 rings (SSSR count). The normalized spacial score (nSPS) is 44.9. The molecule has 9 atom stereocenters. The highest BCUT2D eigenvalue weighted by Crippen LogP contribution is 2.42. The van der Waals surface area contributed by atoms with Gasteiger partial charge in [-0.05, 0) is 83.0 Å². The SMILES string of the molecule is COC1CCC2C(C1)C(C1CCC(Cl)CC1)=N[C@@H](CC(=O)NCC1CCC(O)C(O)C1)C1NNC(C)N21. The molecule has 1 amide bonds. The van der Waals surface area contributed by atoms with Crippen LogP contribution in [0.25, 0.3) is 0 Å². The number of aliphatic imine (C=N–C) groups is 1. The maximum atomic E-state index is 13.2. The summed E-state index contributed by atoms with van der Waals surface area (Å²) in [5, 5.41) is 23.2. The van der Waals surface area contributed by atoms with Crippen molar-refractivity contribution in [3.8, 4) is 0 Å². The van der Waals surface area contributed by atoms with Gasteiger partial charge in [0.1, 0.15) is 0 Å². The van der Waals surface area contributed by atoms with E-state index in [-0.39, 0.29) is 41.7 Å². The minimum Gasteiger partial charge on any atom is -0.390 e. The molecule has 210 valence electrons. The highest BCUT2D eigenvalue weighted by molar-refractivity contribution is 6.20. The van der Waals surface area contributed by atoms with Crippen molar-refractivity contribution in [1.29, 1.82) is 0 Å². The standard InChI is InChI=1S/C27H46ClN5O4/c1-15-31-32-27-21(13-25(36)29-14-16-3-10-23(34)24(35)11-16)30-26(17-4-6-18(28)7-5-17)20-12-19(37-2)8-9-22(20)33(15)27/h15-24,27,31-32,34-35H,3-14H2,1-2H3,(H,29,36)/t15?,16?,17?,18?,19?,20?,21-,22?,23?,24?,27?/m0/s1. The van der Waals surface area contributed by atoms with Crippen LogP contribution in [0.15, 0.2) is 4.99 Å². The van der Waals surface area contributed by atoms with Crippen LogP contribution < -0.4 is 16.2 Å². The van der Waals surface area contributed by atoms with Crippen molar-refractivity contribution < 1.29 is 19.7 Å². The predicted molar refractivity (Wildman–Crippen MR) is 143 cm³/mol. The first-order valence-electron chi connectivity index (χ1n) is 14.5. The Balaban J connectivity index is 1.35. The molecule has 4 fully saturated rings. The molecule has 0 aromatic carbocycles. The zero-order chi connectivity index (χ0) is 26.1. The van der Waals surface area contributed by atoms with Crippen LogP contribution >= 0.6 is 11.6 Å². The molecule has 3 saturated carbocycles. The number of fused-ring (bicyclic) bond motifs is 3. The molecule has 8 unspecified atom stereocenters. The number of nitrogens with one attached hydrogen (secondary N) is 3. The van der Waals surface area contributed by atoms with Crippen molar-refractivity contribution >= 4 is 23.2 Å². The van der Waals surface area contributed by atoms with Crippen LogP contribution in [0.2, 0.25) is 0 Å². The molecule has 9 nitrogen and oxygen atoms in total. The predicted octanol–water partition coefficient (Wildman–Crippen LogP) is 1.90. The van der Waals surface area contributed by atoms with Gasteiger partial charge in [0.25, 0.3) is 0 Å². The van der Waals surface area contributed by atoms with E-state index in [4.69, 9.17) is 21.3 Å². The quantitative estimate of drug-likeness (QED) is 0.327. The van der Waals surface area contributed by atoms with Gasteiger partial charge < -0.3 is 20.3 Å². The third kappa shape index (κ3) is 6.18. The van der Waals surface area contributed by atoms with Gasteiger partial charge in [-0.2, -0.15) is 0 Å². The summed E-state index contributed by atoms with van der Waals surface area (Å²) < 4.78 is 5.84. The Hall–Kier alpha value is -0.810. The molecule has 0 aromatic heterocycles. The summed E-state index contributed by atoms with van der Waals surface area (Å²) in [5.74, 6) is 0.935. The maximum Gasteiger partial charge on any atom is 0.222 e. The van der Waals surface area contributed by atoms with E-state index in [1.807, 2.05) is 7.11 Å². The second-order valence-electron chi connectivity index (χ2n) is 12.1. The van der Waals surface area contributed by atoms with Crippen LogP contribution in [0, 0.1) is 17.8 Å². The molecule has 0 spiro atoms. The molecule has 3 aliphatic carbocycles. The van der Waals surface area contributed by atoms with Gasteiger partial charge in [0.05, 0.1) is 43.1 Å². The molecule has 10 heteroatoms. The lowest BCUT2D eigenvalue weighted by atomic mass is 9.72. The summed E-state index contributed by atoms with van der Waals surface area (Å²) in [5.41, 5.74) is 8.20. The number of alkyl halides is 1. The summed E-state index contributed by atoms with van der Waals surface area (Å²) in [6.45, 7) is 2.72. The average Bonchev–Trinajstić information content (AvgIpc) is 3.22. The Labute approximate surface area is 226 Å². The number of nitrogens with zero attached hydrogens (tertiary/aromatic N) is 2. The molecular formula is C27H46ClN5O4. The first-order chi connectivity index (χ1) is 17.8. The number of aliphatic hydroxyl groups is 2. The highest BCUT2D eigenvalue weighted by atomic mass is 35.5. The number of amides is 1. The number of hydrogen-bond acceptors (Lipinski definition) is 8. The van der Waals surface area contributed by atoms with E-state index in [0.29, 0.717) is 43.7 Å². The van der Waals surface area contributed by atoms with E-state index in [1.165, 1.54) is 5.71 Å². The fourth-order valence-corrected chi connectivity index (χ4v) is 7.83. The van der Waals surface area contributed by atoms with Gasteiger partial charge in [-0.25, -0.2) is 10.9 Å². The van der Waals surface area contributed by atoms with Crippen LogP contribution in [0.3, 0.4) is 0 Å². The van der Waals surface area contributed by atoms with Crippen LogP contribution in [0.5, 0.6) is 0 Å². The number of aliphatic hydroxyl groups excluding tert-OH is 2. The molecule has 5 aliphatic rings. The molecule has 2 aliphatic heterocycles. The topological polar surface area (TPSA) is 118 Å². The molecule has 5 N–H and O–H groups in total. The molecule has 0 bridgehead atoms. The van der Waals surface area contributed by atoms with Gasteiger partial charge in [-0.15, -0.1) is 11.6 Å². The fourth-order valence-electron chi connectivity index (χ4n) is 7.58. The summed E-state index contributed by atoms with van der Waals surface area (Å²) in [4.78, 5) is 21.2. The third-order valence-electron chi connectivity index (χ3n) is 9.70. The summed E-state index contributed by atoms with van der Waals surface area (Å²) in [6, 6.07) is 0.177. The number of rotatable bonds is 6. The van der Waals surface area contributed by atoms with Crippen LogP contribution in [0.4, 0.5) is 0 Å². The Bertz CT molecular complexity index is 825.